The molecule has 0 fully saturated rings. The van der Waals surface area contributed by atoms with E-state index in [0.717, 1.165) is 5.56 Å². The van der Waals surface area contributed by atoms with Crippen LogP contribution in [0.5, 0.6) is 0 Å². The van der Waals surface area contributed by atoms with Crippen molar-refractivity contribution in [1.29, 1.82) is 0 Å². The minimum Gasteiger partial charge on any atom is -0.445 e. The Morgan fingerprint density at radius 1 is 1.19 bits per heavy atom. The van der Waals surface area contributed by atoms with Crippen LogP contribution in [0, 0.1) is 0 Å². The maximum Gasteiger partial charge on any atom is 0.408 e. The Hall–Kier alpha value is -2.69. The Bertz CT molecular complexity index is 599. The Kier molecular flexibility index (Phi) is 5.04. The van der Waals surface area contributed by atoms with Crippen molar-refractivity contribution in [2.24, 2.45) is 0 Å². The van der Waals surface area contributed by atoms with Crippen molar-refractivity contribution in [3.05, 3.63) is 66.0 Å². The maximum absolute atomic E-state index is 12.0. The average Bonchev–Trinajstić information content (AvgIpc) is 2.54. The number of rotatable bonds is 5. The summed E-state index contributed by atoms with van der Waals surface area (Å²) in [7, 11) is 0. The van der Waals surface area contributed by atoms with Crippen LogP contribution in [-0.4, -0.2) is 22.9 Å². The molecule has 5 nitrogen and oxygen atoms in total. The molecule has 1 aromatic heterocycles. The van der Waals surface area contributed by atoms with Crippen molar-refractivity contribution in [3.8, 4) is 0 Å². The third-order valence-electron chi connectivity index (χ3n) is 2.89. The monoisotopic (exact) mass is 284 g/mol. The third kappa shape index (κ3) is 4.42. The number of hydrogen-bond acceptors (Lipinski definition) is 4. The number of ether oxygens (including phenoxy) is 1. The van der Waals surface area contributed by atoms with Crippen LogP contribution >= 0.6 is 0 Å². The van der Waals surface area contributed by atoms with E-state index in [2.05, 4.69) is 10.3 Å². The van der Waals surface area contributed by atoms with Crippen molar-refractivity contribution in [3.63, 3.8) is 0 Å². The average molecular weight is 284 g/mol. The highest BCUT2D eigenvalue weighted by Gasteiger charge is 2.18. The largest absolute Gasteiger partial charge is 0.445 e. The highest BCUT2D eigenvalue weighted by Crippen LogP contribution is 2.03. The molecular formula is C16H16N2O3. The molecule has 2 aromatic rings. The second-order valence-corrected chi connectivity index (χ2v) is 4.53. The molecule has 0 bridgehead atoms. The van der Waals surface area contributed by atoms with Gasteiger partial charge in [-0.3, -0.25) is 9.78 Å². The van der Waals surface area contributed by atoms with E-state index in [4.69, 9.17) is 4.74 Å². The van der Waals surface area contributed by atoms with Crippen LogP contribution in [0.3, 0.4) is 0 Å². The summed E-state index contributed by atoms with van der Waals surface area (Å²) in [6, 6.07) is 12.0. The number of Topliss-reactive ketones (excluding diaryl/α,β-unsaturated/α-hetero) is 1. The van der Waals surface area contributed by atoms with Gasteiger partial charge in [0.1, 0.15) is 6.61 Å². The summed E-state index contributed by atoms with van der Waals surface area (Å²) >= 11 is 0. The summed E-state index contributed by atoms with van der Waals surface area (Å²) in [5, 5.41) is 2.51. The molecule has 1 atom stereocenters. The predicted molar refractivity (Wildman–Crippen MR) is 77.8 cm³/mol. The Labute approximate surface area is 123 Å². The quantitative estimate of drug-likeness (QED) is 0.857. The Morgan fingerprint density at radius 2 is 1.95 bits per heavy atom. The van der Waals surface area contributed by atoms with Gasteiger partial charge in [-0.05, 0) is 24.6 Å². The molecule has 0 radical (unpaired) electrons. The number of ketones is 1. The molecule has 21 heavy (non-hydrogen) atoms. The zero-order valence-corrected chi connectivity index (χ0v) is 11.7. The van der Waals surface area contributed by atoms with Crippen LogP contribution in [0.1, 0.15) is 22.8 Å². The summed E-state index contributed by atoms with van der Waals surface area (Å²) in [6.07, 6.45) is 2.43. The topological polar surface area (TPSA) is 68.3 Å². The molecule has 0 aliphatic heterocycles. The second-order valence-electron chi connectivity index (χ2n) is 4.53. The number of pyridine rings is 1. The highest BCUT2D eigenvalue weighted by atomic mass is 16.5. The third-order valence-corrected chi connectivity index (χ3v) is 2.89. The number of aromatic nitrogens is 1. The molecule has 1 unspecified atom stereocenters. The first-order valence-electron chi connectivity index (χ1n) is 6.58. The van der Waals surface area contributed by atoms with E-state index in [1.165, 1.54) is 6.20 Å². The Morgan fingerprint density at radius 3 is 2.62 bits per heavy atom. The van der Waals surface area contributed by atoms with E-state index in [-0.39, 0.29) is 12.4 Å². The standard InChI is InChI=1S/C16H16N2O3/c1-12(15(19)14-8-5-9-17-10-14)18-16(20)21-11-13-6-3-2-4-7-13/h2-10,12H,11H2,1H3,(H,18,20). The molecule has 108 valence electrons. The first-order chi connectivity index (χ1) is 10.2. The number of hydrogen-bond donors (Lipinski definition) is 1. The fraction of sp³-hybridized carbons (Fsp3) is 0.188. The van der Waals surface area contributed by atoms with Crippen molar-refractivity contribution < 1.29 is 14.3 Å². The van der Waals surface area contributed by atoms with Crippen LogP contribution in [0.25, 0.3) is 0 Å². The predicted octanol–water partition coefficient (Wildman–Crippen LogP) is 2.58. The molecule has 0 aliphatic carbocycles. The fourth-order valence-corrected chi connectivity index (χ4v) is 1.77. The van der Waals surface area contributed by atoms with E-state index >= 15 is 0 Å². The number of carbonyl (C=O) groups is 2. The lowest BCUT2D eigenvalue weighted by Gasteiger charge is -2.13. The van der Waals surface area contributed by atoms with Gasteiger partial charge in [0.05, 0.1) is 6.04 Å². The van der Waals surface area contributed by atoms with Gasteiger partial charge in [-0.1, -0.05) is 30.3 Å². The molecule has 1 heterocycles. The summed E-state index contributed by atoms with van der Waals surface area (Å²) < 4.78 is 5.07. The van der Waals surface area contributed by atoms with E-state index < -0.39 is 12.1 Å². The molecule has 1 N–H and O–H groups in total. The lowest BCUT2D eigenvalue weighted by Crippen LogP contribution is -2.38. The first-order valence-corrected chi connectivity index (χ1v) is 6.58. The van der Waals surface area contributed by atoms with Crippen LogP contribution in [-0.2, 0) is 11.3 Å². The normalized spacial score (nSPS) is 11.5. The summed E-state index contributed by atoms with van der Waals surface area (Å²) in [5.74, 6) is -0.209. The minimum atomic E-state index is -0.669. The highest BCUT2D eigenvalue weighted by molar-refractivity contribution is 6.00. The van der Waals surface area contributed by atoms with Crippen LogP contribution in [0.2, 0.25) is 0 Å². The molecule has 5 heteroatoms. The number of nitrogens with one attached hydrogen (secondary N) is 1. The fourth-order valence-electron chi connectivity index (χ4n) is 1.77. The molecule has 1 amide bonds. The van der Waals surface area contributed by atoms with Crippen LogP contribution in [0.15, 0.2) is 54.9 Å². The van der Waals surface area contributed by atoms with E-state index in [9.17, 15) is 9.59 Å². The molecule has 0 saturated heterocycles. The molecule has 0 saturated carbocycles. The SMILES string of the molecule is CC(NC(=O)OCc1ccccc1)C(=O)c1cccnc1. The number of amides is 1. The molecule has 0 aliphatic rings. The minimum absolute atomic E-state index is 0.167. The number of carbonyl (C=O) groups excluding carboxylic acids is 2. The molecule has 1 aromatic carbocycles. The van der Waals surface area contributed by atoms with Crippen molar-refractivity contribution >= 4 is 11.9 Å². The number of alkyl carbamates (subject to hydrolysis) is 1. The van der Waals surface area contributed by atoms with Gasteiger partial charge in [0.2, 0.25) is 0 Å². The van der Waals surface area contributed by atoms with Gasteiger partial charge in [0.15, 0.2) is 5.78 Å². The number of nitrogens with zero attached hydrogens (tertiary/aromatic N) is 1. The van der Waals surface area contributed by atoms with Crippen molar-refractivity contribution in [2.45, 2.75) is 19.6 Å². The lowest BCUT2D eigenvalue weighted by atomic mass is 10.1. The smallest absolute Gasteiger partial charge is 0.408 e. The van der Waals surface area contributed by atoms with E-state index in [1.54, 1.807) is 25.3 Å². The summed E-state index contributed by atoms with van der Waals surface area (Å²) in [6.45, 7) is 1.78. The number of benzene rings is 1. The zero-order valence-electron chi connectivity index (χ0n) is 11.7. The van der Waals surface area contributed by atoms with E-state index in [1.807, 2.05) is 30.3 Å². The van der Waals surface area contributed by atoms with Gasteiger partial charge in [-0.25, -0.2) is 4.79 Å². The van der Waals surface area contributed by atoms with Crippen LogP contribution in [0.4, 0.5) is 4.79 Å². The van der Waals surface area contributed by atoms with Gasteiger partial charge in [0.25, 0.3) is 0 Å². The molecule has 0 spiro atoms. The van der Waals surface area contributed by atoms with Crippen molar-refractivity contribution in [1.82, 2.24) is 10.3 Å². The van der Waals surface area contributed by atoms with E-state index in [0.29, 0.717) is 5.56 Å². The molecule has 2 rings (SSSR count). The van der Waals surface area contributed by atoms with Gasteiger partial charge in [0, 0.05) is 18.0 Å². The van der Waals surface area contributed by atoms with Gasteiger partial charge in [-0.15, -0.1) is 0 Å². The lowest BCUT2D eigenvalue weighted by molar-refractivity contribution is 0.0926. The van der Waals surface area contributed by atoms with Crippen LogP contribution < -0.4 is 5.32 Å². The van der Waals surface area contributed by atoms with Gasteiger partial charge >= 0.3 is 6.09 Å². The molecular weight excluding hydrogens is 268 g/mol. The van der Waals surface area contributed by atoms with Gasteiger partial charge < -0.3 is 10.1 Å². The first kappa shape index (κ1) is 14.7. The summed E-state index contributed by atoms with van der Waals surface area (Å²) in [5.41, 5.74) is 1.34. The van der Waals surface area contributed by atoms with Gasteiger partial charge in [-0.2, -0.15) is 0 Å². The Balaban J connectivity index is 1.83. The summed E-state index contributed by atoms with van der Waals surface area (Å²) in [4.78, 5) is 27.6. The van der Waals surface area contributed by atoms with Crippen molar-refractivity contribution in [2.75, 3.05) is 0 Å². The zero-order chi connectivity index (χ0) is 15.1. The maximum atomic E-state index is 12.0. The second kappa shape index (κ2) is 7.19.